The third-order valence-corrected chi connectivity index (χ3v) is 5.03. The molecule has 0 saturated heterocycles. The van der Waals surface area contributed by atoms with Gasteiger partial charge in [-0.2, -0.15) is 0 Å². The van der Waals surface area contributed by atoms with Gasteiger partial charge in [0.25, 0.3) is 5.91 Å². The van der Waals surface area contributed by atoms with Gasteiger partial charge in [0.2, 0.25) is 0 Å². The molecule has 0 spiro atoms. The molecular formula is C22H22BrNO5. The molecule has 1 amide bonds. The fourth-order valence-corrected chi connectivity index (χ4v) is 3.33. The largest absolute Gasteiger partial charge is 0.495 e. The quantitative estimate of drug-likeness (QED) is 0.501. The van der Waals surface area contributed by atoms with Crippen LogP contribution in [0.25, 0.3) is 0 Å². The van der Waals surface area contributed by atoms with E-state index in [1.165, 1.54) is 0 Å². The predicted octanol–water partition coefficient (Wildman–Crippen LogP) is 4.71. The van der Waals surface area contributed by atoms with Crippen LogP contribution in [0.1, 0.15) is 27.2 Å². The average molecular weight is 460 g/mol. The molecule has 0 aliphatic rings. The summed E-state index contributed by atoms with van der Waals surface area (Å²) >= 11 is 3.40. The first-order chi connectivity index (χ1) is 14.1. The number of nitrogens with one attached hydrogen (secondary N) is 1. The van der Waals surface area contributed by atoms with Crippen LogP contribution in [0.3, 0.4) is 0 Å². The van der Waals surface area contributed by atoms with E-state index in [1.54, 1.807) is 32.6 Å². The number of amides is 1. The third kappa shape index (κ3) is 5.62. The van der Waals surface area contributed by atoms with Gasteiger partial charge in [0.05, 0.1) is 27.1 Å². The Morgan fingerprint density at radius 3 is 2.38 bits per heavy atom. The van der Waals surface area contributed by atoms with Crippen molar-refractivity contribution in [3.63, 3.8) is 0 Å². The number of hydrogen-bond acceptors (Lipinski definition) is 5. The molecule has 1 N–H and O–H groups in total. The highest BCUT2D eigenvalue weighted by Gasteiger charge is 2.14. The molecule has 6 nitrogen and oxygen atoms in total. The minimum absolute atomic E-state index is 0.214. The van der Waals surface area contributed by atoms with Crippen LogP contribution >= 0.6 is 15.9 Å². The van der Waals surface area contributed by atoms with Crippen LogP contribution in [0, 0.1) is 0 Å². The molecular weight excluding hydrogens is 438 g/mol. The summed E-state index contributed by atoms with van der Waals surface area (Å²) < 4.78 is 22.2. The maximum atomic E-state index is 12.6. The highest BCUT2D eigenvalue weighted by molar-refractivity contribution is 9.10. The number of furan rings is 1. The lowest BCUT2D eigenvalue weighted by molar-refractivity contribution is 0.0928. The van der Waals surface area contributed by atoms with E-state index >= 15 is 0 Å². The molecule has 29 heavy (non-hydrogen) atoms. The van der Waals surface area contributed by atoms with Crippen molar-refractivity contribution in [3.05, 3.63) is 81.7 Å². The lowest BCUT2D eigenvalue weighted by atomic mass is 10.1. The molecule has 0 aliphatic carbocycles. The summed E-state index contributed by atoms with van der Waals surface area (Å²) in [6.45, 7) is 1.27. The smallest absolute Gasteiger partial charge is 0.251 e. The first-order valence-corrected chi connectivity index (χ1v) is 9.77. The van der Waals surface area contributed by atoms with Crippen LogP contribution in [0.4, 0.5) is 0 Å². The van der Waals surface area contributed by atoms with Gasteiger partial charge in [0, 0.05) is 12.1 Å². The van der Waals surface area contributed by atoms with Gasteiger partial charge in [-0.3, -0.25) is 4.79 Å². The van der Waals surface area contributed by atoms with Crippen molar-refractivity contribution in [2.45, 2.75) is 19.8 Å². The zero-order valence-electron chi connectivity index (χ0n) is 16.2. The molecule has 0 unspecified atom stereocenters. The number of halogens is 1. The van der Waals surface area contributed by atoms with Crippen molar-refractivity contribution in [2.24, 2.45) is 0 Å². The van der Waals surface area contributed by atoms with E-state index in [4.69, 9.17) is 18.6 Å². The summed E-state index contributed by atoms with van der Waals surface area (Å²) in [4.78, 5) is 12.6. The molecule has 0 fully saturated rings. The topological polar surface area (TPSA) is 69.9 Å². The number of benzene rings is 2. The van der Waals surface area contributed by atoms with Crippen molar-refractivity contribution in [1.29, 1.82) is 0 Å². The minimum atomic E-state index is -0.214. The van der Waals surface area contributed by atoms with E-state index in [2.05, 4.69) is 21.2 Å². The average Bonchev–Trinajstić information content (AvgIpc) is 3.26. The summed E-state index contributed by atoms with van der Waals surface area (Å²) in [5.74, 6) is 1.64. The molecule has 3 aromatic rings. The molecule has 7 heteroatoms. The number of hydrogen-bond donors (Lipinski definition) is 1. The van der Waals surface area contributed by atoms with Crippen molar-refractivity contribution >= 4 is 21.8 Å². The number of methoxy groups -OCH3 is 2. The van der Waals surface area contributed by atoms with Crippen molar-refractivity contribution in [2.75, 3.05) is 14.2 Å². The second-order valence-corrected chi connectivity index (χ2v) is 7.06. The number of rotatable bonds is 9. The van der Waals surface area contributed by atoms with Crippen LogP contribution in [-0.4, -0.2) is 20.1 Å². The Hall–Kier alpha value is -2.77. The van der Waals surface area contributed by atoms with Gasteiger partial charge in [0.15, 0.2) is 0 Å². The Bertz CT molecular complexity index is 931. The summed E-state index contributed by atoms with van der Waals surface area (Å²) in [6.07, 6.45) is 1.62. The monoisotopic (exact) mass is 459 g/mol. The Balaban J connectivity index is 1.59. The highest BCUT2D eigenvalue weighted by Crippen LogP contribution is 2.35. The van der Waals surface area contributed by atoms with E-state index < -0.39 is 0 Å². The number of carbonyl (C=O) groups is 1. The molecule has 1 aromatic heterocycles. The Morgan fingerprint density at radius 2 is 1.72 bits per heavy atom. The van der Waals surface area contributed by atoms with E-state index in [9.17, 15) is 4.79 Å². The Kier molecular flexibility index (Phi) is 7.32. The van der Waals surface area contributed by atoms with E-state index in [-0.39, 0.29) is 5.91 Å². The second kappa shape index (κ2) is 10.1. The molecule has 0 saturated carbocycles. The fraction of sp³-hybridized carbons (Fsp3) is 0.227. The molecule has 152 valence electrons. The van der Waals surface area contributed by atoms with Gasteiger partial charge in [-0.05, 0) is 51.3 Å². The van der Waals surface area contributed by atoms with Gasteiger partial charge in [0.1, 0.15) is 28.3 Å². The fourth-order valence-electron chi connectivity index (χ4n) is 2.78. The van der Waals surface area contributed by atoms with Gasteiger partial charge >= 0.3 is 0 Å². The molecule has 0 aliphatic heterocycles. The van der Waals surface area contributed by atoms with Crippen LogP contribution in [0.2, 0.25) is 0 Å². The molecule has 0 atom stereocenters. The first kappa shape index (κ1) is 21.0. The summed E-state index contributed by atoms with van der Waals surface area (Å²) in [5.41, 5.74) is 2.46. The zero-order chi connectivity index (χ0) is 20.6. The number of ether oxygens (including phenoxy) is 3. The van der Waals surface area contributed by atoms with Crippen LogP contribution in [-0.2, 0) is 24.5 Å². The summed E-state index contributed by atoms with van der Waals surface area (Å²) in [6, 6.07) is 14.9. The maximum Gasteiger partial charge on any atom is 0.251 e. The molecule has 2 aromatic carbocycles. The van der Waals surface area contributed by atoms with Crippen LogP contribution in [0.15, 0.2) is 63.7 Å². The molecule has 1 heterocycles. The summed E-state index contributed by atoms with van der Waals surface area (Å²) in [7, 11) is 3.08. The molecule has 0 bridgehead atoms. The maximum absolute atomic E-state index is 12.6. The van der Waals surface area contributed by atoms with E-state index in [0.29, 0.717) is 41.3 Å². The van der Waals surface area contributed by atoms with Crippen molar-refractivity contribution in [3.8, 4) is 11.5 Å². The zero-order valence-corrected chi connectivity index (χ0v) is 17.8. The first-order valence-electron chi connectivity index (χ1n) is 8.98. The second-order valence-electron chi connectivity index (χ2n) is 6.27. The van der Waals surface area contributed by atoms with E-state index in [0.717, 1.165) is 16.9 Å². The predicted molar refractivity (Wildman–Crippen MR) is 112 cm³/mol. The molecule has 0 radical (unpaired) electrons. The molecule has 3 rings (SSSR count). The van der Waals surface area contributed by atoms with Gasteiger partial charge in [-0.15, -0.1) is 0 Å². The van der Waals surface area contributed by atoms with Crippen molar-refractivity contribution < 1.29 is 23.4 Å². The van der Waals surface area contributed by atoms with Crippen LogP contribution < -0.4 is 14.8 Å². The summed E-state index contributed by atoms with van der Waals surface area (Å²) in [5, 5.41) is 2.92. The van der Waals surface area contributed by atoms with Crippen molar-refractivity contribution in [1.82, 2.24) is 5.32 Å². The third-order valence-electron chi connectivity index (χ3n) is 4.25. The van der Waals surface area contributed by atoms with Gasteiger partial charge in [-0.1, -0.05) is 24.3 Å². The lowest BCUT2D eigenvalue weighted by Crippen LogP contribution is -2.23. The Morgan fingerprint density at radius 1 is 1.00 bits per heavy atom. The normalized spacial score (nSPS) is 10.6. The Labute approximate surface area is 177 Å². The van der Waals surface area contributed by atoms with Gasteiger partial charge < -0.3 is 23.9 Å². The van der Waals surface area contributed by atoms with Gasteiger partial charge in [-0.25, -0.2) is 0 Å². The highest BCUT2D eigenvalue weighted by atomic mass is 79.9. The standard InChI is InChI=1S/C22H22BrNO5/c1-26-19-10-17(11-20(27-2)21(19)23)22(25)24-12-15-5-3-6-16(9-15)13-28-14-18-7-4-8-29-18/h3-11H,12-14H2,1-2H3,(H,24,25). The lowest BCUT2D eigenvalue weighted by Gasteiger charge is -2.12. The minimum Gasteiger partial charge on any atom is -0.495 e. The van der Waals surface area contributed by atoms with Crippen LogP contribution in [0.5, 0.6) is 11.5 Å². The SMILES string of the molecule is COc1cc(C(=O)NCc2cccc(COCc3ccco3)c2)cc(OC)c1Br. The van der Waals surface area contributed by atoms with E-state index in [1.807, 2.05) is 36.4 Å². The number of carbonyl (C=O) groups excluding carboxylic acids is 1.